The highest BCUT2D eigenvalue weighted by Crippen LogP contribution is 2.35. The first-order chi connectivity index (χ1) is 8.78. The van der Waals surface area contributed by atoms with Crippen molar-refractivity contribution in [2.24, 2.45) is 5.92 Å². The quantitative estimate of drug-likeness (QED) is 0.841. The summed E-state index contributed by atoms with van der Waals surface area (Å²) in [6.07, 6.45) is 6.19. The van der Waals surface area contributed by atoms with Gasteiger partial charge in [0.1, 0.15) is 5.82 Å². The Balaban J connectivity index is 1.81. The fourth-order valence-corrected chi connectivity index (χ4v) is 3.24. The van der Waals surface area contributed by atoms with E-state index in [9.17, 15) is 4.79 Å². The van der Waals surface area contributed by atoms with E-state index < -0.39 is 0 Å². The Morgan fingerprint density at radius 2 is 2.00 bits per heavy atom. The number of fused-ring (bicyclic) bond motifs is 1. The molecule has 2 aliphatic rings. The average Bonchev–Trinajstić information content (AvgIpc) is 2.88. The third-order valence-electron chi connectivity index (χ3n) is 4.52. The van der Waals surface area contributed by atoms with Crippen LogP contribution in [-0.4, -0.2) is 9.97 Å². The predicted octanol–water partition coefficient (Wildman–Crippen LogP) is 2.06. The molecule has 1 saturated carbocycles. The molecule has 0 radical (unpaired) electrons. The minimum atomic E-state index is 0.0672. The Morgan fingerprint density at radius 3 is 2.72 bits per heavy atom. The normalized spacial score (nSPS) is 27.2. The number of aromatic amines is 1. The van der Waals surface area contributed by atoms with E-state index in [1.54, 1.807) is 0 Å². The maximum atomic E-state index is 12.0. The van der Waals surface area contributed by atoms with Gasteiger partial charge >= 0.3 is 0 Å². The maximum Gasteiger partial charge on any atom is 0.255 e. The zero-order chi connectivity index (χ0) is 12.5. The first-order valence-electron chi connectivity index (χ1n) is 7.10. The van der Waals surface area contributed by atoms with Crippen molar-refractivity contribution >= 4 is 0 Å². The summed E-state index contributed by atoms with van der Waals surface area (Å²) in [5.74, 6) is 2.27. The van der Waals surface area contributed by atoms with Crippen LogP contribution in [-0.2, 0) is 13.1 Å². The maximum absolute atomic E-state index is 12.0. The van der Waals surface area contributed by atoms with Crippen molar-refractivity contribution in [1.82, 2.24) is 15.3 Å². The molecule has 0 saturated heterocycles. The molecule has 1 aromatic heterocycles. The summed E-state index contributed by atoms with van der Waals surface area (Å²) in [6, 6.07) is 0. The molecule has 0 bridgehead atoms. The molecule has 3 rings (SSSR count). The van der Waals surface area contributed by atoms with E-state index in [-0.39, 0.29) is 5.56 Å². The molecule has 2 heterocycles. The molecule has 0 atom stereocenters. The van der Waals surface area contributed by atoms with Gasteiger partial charge in [0.15, 0.2) is 0 Å². The SMILES string of the molecule is CCC1CCC(c2nc3c(c(=O)[nH]2)CNC3)CC1. The summed E-state index contributed by atoms with van der Waals surface area (Å²) in [5, 5.41) is 3.19. The molecule has 0 aromatic carbocycles. The molecule has 0 amide bonds. The van der Waals surface area contributed by atoms with Crippen LogP contribution in [0.25, 0.3) is 0 Å². The fraction of sp³-hybridized carbons (Fsp3) is 0.714. The lowest BCUT2D eigenvalue weighted by molar-refractivity contribution is 0.311. The lowest BCUT2D eigenvalue weighted by Crippen LogP contribution is -2.22. The highest BCUT2D eigenvalue weighted by molar-refractivity contribution is 5.22. The lowest BCUT2D eigenvalue weighted by Gasteiger charge is -2.27. The van der Waals surface area contributed by atoms with Gasteiger partial charge in [0.2, 0.25) is 0 Å². The zero-order valence-corrected chi connectivity index (χ0v) is 11.0. The lowest BCUT2D eigenvalue weighted by atomic mass is 9.80. The Kier molecular flexibility index (Phi) is 3.20. The number of nitrogens with zero attached hydrogens (tertiary/aromatic N) is 1. The summed E-state index contributed by atoms with van der Waals surface area (Å²) in [7, 11) is 0. The third kappa shape index (κ3) is 2.09. The van der Waals surface area contributed by atoms with Gasteiger partial charge < -0.3 is 10.3 Å². The second kappa shape index (κ2) is 4.84. The third-order valence-corrected chi connectivity index (χ3v) is 4.52. The Bertz CT molecular complexity index is 486. The summed E-state index contributed by atoms with van der Waals surface area (Å²) in [5.41, 5.74) is 1.87. The van der Waals surface area contributed by atoms with Crippen molar-refractivity contribution in [3.63, 3.8) is 0 Å². The first kappa shape index (κ1) is 11.9. The standard InChI is InChI=1S/C14H21N3O/c1-2-9-3-5-10(6-4-9)13-16-12-8-15-7-11(12)14(18)17-13/h9-10,15H,2-8H2,1H3,(H,16,17,18). The van der Waals surface area contributed by atoms with Gasteiger partial charge in [-0.3, -0.25) is 4.79 Å². The van der Waals surface area contributed by atoms with Crippen molar-refractivity contribution < 1.29 is 0 Å². The van der Waals surface area contributed by atoms with E-state index in [2.05, 4.69) is 22.2 Å². The van der Waals surface area contributed by atoms with E-state index in [1.807, 2.05) is 0 Å². The Morgan fingerprint density at radius 1 is 1.22 bits per heavy atom. The molecule has 1 aliphatic carbocycles. The van der Waals surface area contributed by atoms with Crippen LogP contribution in [0.3, 0.4) is 0 Å². The van der Waals surface area contributed by atoms with Crippen LogP contribution in [0.1, 0.15) is 62.0 Å². The monoisotopic (exact) mass is 247 g/mol. The molecule has 1 aromatic rings. The molecular weight excluding hydrogens is 226 g/mol. The molecule has 4 nitrogen and oxygen atoms in total. The summed E-state index contributed by atoms with van der Waals surface area (Å²) in [6.45, 7) is 3.68. The van der Waals surface area contributed by atoms with Crippen LogP contribution in [0, 0.1) is 5.92 Å². The van der Waals surface area contributed by atoms with Crippen molar-refractivity contribution in [3.05, 3.63) is 27.4 Å². The summed E-state index contributed by atoms with van der Waals surface area (Å²) >= 11 is 0. The number of rotatable bonds is 2. The van der Waals surface area contributed by atoms with Crippen LogP contribution in [0.15, 0.2) is 4.79 Å². The molecule has 0 spiro atoms. The highest BCUT2D eigenvalue weighted by Gasteiger charge is 2.25. The van der Waals surface area contributed by atoms with Gasteiger partial charge in [-0.15, -0.1) is 0 Å². The molecule has 1 fully saturated rings. The molecule has 0 unspecified atom stereocenters. The smallest absolute Gasteiger partial charge is 0.255 e. The van der Waals surface area contributed by atoms with Gasteiger partial charge in [-0.05, 0) is 31.6 Å². The molecule has 2 N–H and O–H groups in total. The molecule has 98 valence electrons. The molecule has 1 aliphatic heterocycles. The number of hydrogen-bond acceptors (Lipinski definition) is 3. The van der Waals surface area contributed by atoms with Gasteiger partial charge in [0.05, 0.1) is 11.3 Å². The first-order valence-corrected chi connectivity index (χ1v) is 7.10. The van der Waals surface area contributed by atoms with Crippen molar-refractivity contribution in [2.75, 3.05) is 0 Å². The van der Waals surface area contributed by atoms with E-state index >= 15 is 0 Å². The second-order valence-electron chi connectivity index (χ2n) is 5.61. The second-order valence-corrected chi connectivity index (χ2v) is 5.61. The minimum absolute atomic E-state index is 0.0672. The average molecular weight is 247 g/mol. The number of H-pyrrole nitrogens is 1. The van der Waals surface area contributed by atoms with Gasteiger partial charge in [-0.25, -0.2) is 4.98 Å². The van der Waals surface area contributed by atoms with Crippen molar-refractivity contribution in [3.8, 4) is 0 Å². The predicted molar refractivity (Wildman–Crippen MR) is 70.4 cm³/mol. The largest absolute Gasteiger partial charge is 0.310 e. The topological polar surface area (TPSA) is 57.8 Å². The molecular formula is C14H21N3O. The van der Waals surface area contributed by atoms with Crippen LogP contribution in [0.4, 0.5) is 0 Å². The van der Waals surface area contributed by atoms with E-state index in [1.165, 1.54) is 32.1 Å². The molecule has 18 heavy (non-hydrogen) atoms. The van der Waals surface area contributed by atoms with E-state index in [0.29, 0.717) is 12.5 Å². The van der Waals surface area contributed by atoms with Crippen LogP contribution in [0.5, 0.6) is 0 Å². The summed E-state index contributed by atoms with van der Waals surface area (Å²) < 4.78 is 0. The molecule has 4 heteroatoms. The number of hydrogen-bond donors (Lipinski definition) is 2. The minimum Gasteiger partial charge on any atom is -0.310 e. The van der Waals surface area contributed by atoms with Gasteiger partial charge in [0, 0.05) is 19.0 Å². The highest BCUT2D eigenvalue weighted by atomic mass is 16.1. The van der Waals surface area contributed by atoms with E-state index in [4.69, 9.17) is 0 Å². The van der Waals surface area contributed by atoms with Gasteiger partial charge in [-0.2, -0.15) is 0 Å². The number of nitrogens with one attached hydrogen (secondary N) is 2. The van der Waals surface area contributed by atoms with Crippen molar-refractivity contribution in [1.29, 1.82) is 0 Å². The van der Waals surface area contributed by atoms with Crippen LogP contribution in [0.2, 0.25) is 0 Å². The Labute approximate surface area is 107 Å². The number of aromatic nitrogens is 2. The van der Waals surface area contributed by atoms with Crippen LogP contribution >= 0.6 is 0 Å². The summed E-state index contributed by atoms with van der Waals surface area (Å²) in [4.78, 5) is 19.6. The van der Waals surface area contributed by atoms with Gasteiger partial charge in [-0.1, -0.05) is 13.3 Å². The van der Waals surface area contributed by atoms with E-state index in [0.717, 1.165) is 29.5 Å². The van der Waals surface area contributed by atoms with Crippen LogP contribution < -0.4 is 10.9 Å². The fourth-order valence-electron chi connectivity index (χ4n) is 3.24. The van der Waals surface area contributed by atoms with Gasteiger partial charge in [0.25, 0.3) is 5.56 Å². The zero-order valence-electron chi connectivity index (χ0n) is 11.0. The Hall–Kier alpha value is -1.16. The van der Waals surface area contributed by atoms with Crippen molar-refractivity contribution in [2.45, 2.75) is 58.0 Å².